The lowest BCUT2D eigenvalue weighted by molar-refractivity contribution is 0.778. The van der Waals surface area contributed by atoms with Gasteiger partial charge in [-0.3, -0.25) is 0 Å². The van der Waals surface area contributed by atoms with Crippen molar-refractivity contribution in [1.82, 2.24) is 0 Å². The van der Waals surface area contributed by atoms with Crippen LogP contribution in [0.15, 0.2) is 146 Å². The highest BCUT2D eigenvalue weighted by Crippen LogP contribution is 2.67. The topological polar surface area (TPSA) is 0 Å². The molecule has 1 atom stereocenters. The van der Waals surface area contributed by atoms with Gasteiger partial charge in [0.05, 0.1) is 10.8 Å². The highest BCUT2D eigenvalue weighted by molar-refractivity contribution is 6.01. The molecule has 0 aromatic heterocycles. The van der Waals surface area contributed by atoms with Gasteiger partial charge in [-0.15, -0.1) is 0 Å². The molecule has 2 spiro atoms. The second-order valence-corrected chi connectivity index (χ2v) is 17.0. The van der Waals surface area contributed by atoms with Crippen LogP contribution in [-0.2, 0) is 10.8 Å². The molecular weight excluding hydrogens is 673 g/mol. The number of rotatable bonds is 1. The maximum atomic E-state index is 2.53. The second-order valence-electron chi connectivity index (χ2n) is 17.0. The predicted octanol–water partition coefficient (Wildman–Crippen LogP) is 13.9. The molecule has 4 aliphatic carbocycles. The van der Waals surface area contributed by atoms with E-state index in [1.54, 1.807) is 0 Å². The van der Waals surface area contributed by atoms with Crippen LogP contribution in [0.1, 0.15) is 77.9 Å². The van der Waals surface area contributed by atoms with E-state index in [4.69, 9.17) is 0 Å². The van der Waals surface area contributed by atoms with E-state index in [1.165, 1.54) is 134 Å². The van der Waals surface area contributed by atoms with Gasteiger partial charge in [0.2, 0.25) is 0 Å². The average molecular weight is 715 g/mol. The third kappa shape index (κ3) is 3.50. The molecule has 0 heterocycles. The highest BCUT2D eigenvalue weighted by Gasteiger charge is 2.55. The zero-order chi connectivity index (χ0) is 37.8. The second kappa shape index (κ2) is 10.7. The SMILES string of the molecule is Cc1cc(C)c2c(c1)-c1ccccc1C21c2ccccc2-c2cc(C)c(-c3c(C)cc4c(c3C)C3(c5ccccc5-c5ccccc53)c3ccccc3-4)c(C)c21. The summed E-state index contributed by atoms with van der Waals surface area (Å²) in [7, 11) is 0. The maximum absolute atomic E-state index is 2.53. The highest BCUT2D eigenvalue weighted by atomic mass is 14.6. The van der Waals surface area contributed by atoms with Gasteiger partial charge < -0.3 is 0 Å². The van der Waals surface area contributed by atoms with Gasteiger partial charge in [0.15, 0.2) is 0 Å². The lowest BCUT2D eigenvalue weighted by atomic mass is 9.66. The van der Waals surface area contributed by atoms with Gasteiger partial charge in [0.1, 0.15) is 0 Å². The molecule has 0 N–H and O–H groups in total. The van der Waals surface area contributed by atoms with Crippen molar-refractivity contribution >= 4 is 0 Å². The molecule has 266 valence electrons. The lowest BCUT2D eigenvalue weighted by Gasteiger charge is -2.35. The molecule has 1 unspecified atom stereocenters. The summed E-state index contributed by atoms with van der Waals surface area (Å²) in [4.78, 5) is 0. The Bertz CT molecular complexity index is 3040. The van der Waals surface area contributed by atoms with Crippen molar-refractivity contribution < 1.29 is 0 Å². The normalized spacial score (nSPS) is 16.6. The monoisotopic (exact) mass is 714 g/mol. The van der Waals surface area contributed by atoms with Crippen LogP contribution in [-0.4, -0.2) is 0 Å². The average Bonchev–Trinajstić information content (AvgIpc) is 3.88. The summed E-state index contributed by atoms with van der Waals surface area (Å²) in [5.41, 5.74) is 32.3. The van der Waals surface area contributed by atoms with E-state index >= 15 is 0 Å². The molecule has 8 aromatic carbocycles. The first-order valence-corrected chi connectivity index (χ1v) is 20.2. The fraction of sp³-hybridized carbons (Fsp3) is 0.143. The number of fused-ring (bicyclic) bond motifs is 20. The van der Waals surface area contributed by atoms with Crippen molar-refractivity contribution in [2.24, 2.45) is 0 Å². The molecule has 0 amide bonds. The Morgan fingerprint density at radius 3 is 1.02 bits per heavy atom. The Hall–Kier alpha value is -6.24. The van der Waals surface area contributed by atoms with Crippen LogP contribution in [0.25, 0.3) is 55.6 Å². The van der Waals surface area contributed by atoms with E-state index in [1.807, 2.05) is 0 Å². The first-order valence-electron chi connectivity index (χ1n) is 20.2. The summed E-state index contributed by atoms with van der Waals surface area (Å²) in [6, 6.07) is 56.0. The molecule has 0 heteroatoms. The Morgan fingerprint density at radius 1 is 0.286 bits per heavy atom. The molecular formula is C56H42. The van der Waals surface area contributed by atoms with Crippen molar-refractivity contribution in [1.29, 1.82) is 0 Å². The first-order chi connectivity index (χ1) is 27.3. The fourth-order valence-corrected chi connectivity index (χ4v) is 12.7. The molecule has 0 fully saturated rings. The molecule has 0 aliphatic heterocycles. The van der Waals surface area contributed by atoms with Crippen molar-refractivity contribution in [3.05, 3.63) is 223 Å². The Balaban J connectivity index is 1.21. The Labute approximate surface area is 330 Å². The maximum Gasteiger partial charge on any atom is 0.0730 e. The smallest absolute Gasteiger partial charge is 0.0619 e. The minimum absolute atomic E-state index is 0.389. The number of benzene rings is 8. The largest absolute Gasteiger partial charge is 0.0730 e. The molecule has 0 saturated heterocycles. The van der Waals surface area contributed by atoms with Crippen LogP contribution in [0.4, 0.5) is 0 Å². The van der Waals surface area contributed by atoms with E-state index in [2.05, 4.69) is 187 Å². The van der Waals surface area contributed by atoms with Crippen LogP contribution >= 0.6 is 0 Å². The van der Waals surface area contributed by atoms with Gasteiger partial charge in [0.25, 0.3) is 0 Å². The van der Waals surface area contributed by atoms with Gasteiger partial charge in [-0.2, -0.15) is 0 Å². The minimum Gasteiger partial charge on any atom is -0.0619 e. The standard InChI is InChI=1S/C56H42/c1-31-27-34(4)52-42(28-31)39-19-10-15-25-48(39)56(52)49-26-16-11-21-41(49)44-30-33(3)51(36(6)54(44)56)50-32(2)29-43-40-20-9-14-24-47(40)55(53(43)35(50)5)45-22-12-7-17-37(45)38-18-8-13-23-46(38)55/h7-30H,1-6H3. The summed E-state index contributed by atoms with van der Waals surface area (Å²) in [5.74, 6) is 0. The summed E-state index contributed by atoms with van der Waals surface area (Å²) in [6.45, 7) is 14.2. The van der Waals surface area contributed by atoms with Crippen LogP contribution in [0.3, 0.4) is 0 Å². The molecule has 0 radical (unpaired) electrons. The van der Waals surface area contributed by atoms with Crippen molar-refractivity contribution in [3.63, 3.8) is 0 Å². The Kier molecular flexibility index (Phi) is 6.15. The van der Waals surface area contributed by atoms with Crippen LogP contribution in [0.5, 0.6) is 0 Å². The van der Waals surface area contributed by atoms with Gasteiger partial charge in [-0.05, 0) is 170 Å². The zero-order valence-electron chi connectivity index (χ0n) is 32.9. The van der Waals surface area contributed by atoms with Crippen molar-refractivity contribution in [3.8, 4) is 55.6 Å². The summed E-state index contributed by atoms with van der Waals surface area (Å²) < 4.78 is 0. The van der Waals surface area contributed by atoms with Gasteiger partial charge >= 0.3 is 0 Å². The summed E-state index contributed by atoms with van der Waals surface area (Å²) in [6.07, 6.45) is 0. The lowest BCUT2D eigenvalue weighted by Crippen LogP contribution is -2.28. The van der Waals surface area contributed by atoms with E-state index < -0.39 is 5.41 Å². The van der Waals surface area contributed by atoms with Gasteiger partial charge in [-0.25, -0.2) is 0 Å². The van der Waals surface area contributed by atoms with Crippen molar-refractivity contribution in [2.75, 3.05) is 0 Å². The molecule has 0 saturated carbocycles. The predicted molar refractivity (Wildman–Crippen MR) is 233 cm³/mol. The molecule has 56 heavy (non-hydrogen) atoms. The quantitative estimate of drug-likeness (QED) is 0.159. The third-order valence-electron chi connectivity index (χ3n) is 14.2. The van der Waals surface area contributed by atoms with Crippen LogP contribution in [0, 0.1) is 41.5 Å². The van der Waals surface area contributed by atoms with E-state index in [-0.39, 0.29) is 5.41 Å². The fourth-order valence-electron chi connectivity index (χ4n) is 12.7. The summed E-state index contributed by atoms with van der Waals surface area (Å²) in [5, 5.41) is 0. The van der Waals surface area contributed by atoms with Crippen LogP contribution < -0.4 is 0 Å². The molecule has 12 rings (SSSR count). The number of hydrogen-bond donors (Lipinski definition) is 0. The third-order valence-corrected chi connectivity index (χ3v) is 14.2. The molecule has 0 bridgehead atoms. The van der Waals surface area contributed by atoms with Crippen molar-refractivity contribution in [2.45, 2.75) is 52.4 Å². The van der Waals surface area contributed by atoms with E-state index in [0.29, 0.717) is 0 Å². The van der Waals surface area contributed by atoms with Gasteiger partial charge in [-0.1, -0.05) is 151 Å². The molecule has 0 nitrogen and oxygen atoms in total. The Morgan fingerprint density at radius 2 is 0.607 bits per heavy atom. The van der Waals surface area contributed by atoms with Gasteiger partial charge in [0, 0.05) is 0 Å². The molecule has 4 aliphatic rings. The number of hydrogen-bond acceptors (Lipinski definition) is 0. The van der Waals surface area contributed by atoms with Crippen LogP contribution in [0.2, 0.25) is 0 Å². The van der Waals surface area contributed by atoms with E-state index in [0.717, 1.165) is 0 Å². The first kappa shape index (κ1) is 32.0. The van der Waals surface area contributed by atoms with E-state index in [9.17, 15) is 0 Å². The molecule has 8 aromatic rings. The number of aryl methyl sites for hydroxylation is 4. The summed E-state index contributed by atoms with van der Waals surface area (Å²) >= 11 is 0. The minimum atomic E-state index is -0.401. The zero-order valence-corrected chi connectivity index (χ0v) is 32.9.